The quantitative estimate of drug-likeness (QED) is 0.457. The average Bonchev–Trinajstić information content (AvgIpc) is 2.57. The molecule has 24 heavy (non-hydrogen) atoms. The standard InChI is InChI=1S/C14H10.C5H13N.C2H6.2Y/c1-3-7-13(8-4-1)11-12-14-9-5-2-6-10-14;1-5(2,3)6-4;1-2;;/h1-9,12H;6H,1-4H3;1-2H3;;/q-2;;;;. The third kappa shape index (κ3) is 17.2. The molecule has 0 aliphatic rings. The largest absolute Gasteiger partial charge is 0.315 e. The van der Waals surface area contributed by atoms with Crippen LogP contribution in [0.1, 0.15) is 45.7 Å². The Bertz CT molecular complexity index is 461. The van der Waals surface area contributed by atoms with E-state index in [1.165, 1.54) is 0 Å². The summed E-state index contributed by atoms with van der Waals surface area (Å²) < 4.78 is 0. The first-order valence-electron chi connectivity index (χ1n) is 7.82. The minimum absolute atomic E-state index is 0. The molecular formula is C21H29NY2-2. The van der Waals surface area contributed by atoms with Crippen molar-refractivity contribution in [3.05, 3.63) is 77.9 Å². The van der Waals surface area contributed by atoms with E-state index in [0.717, 1.165) is 11.1 Å². The zero-order valence-electron chi connectivity index (χ0n) is 15.9. The predicted octanol–water partition coefficient (Wildman–Crippen LogP) is 5.38. The second-order valence-corrected chi connectivity index (χ2v) is 5.47. The van der Waals surface area contributed by atoms with Gasteiger partial charge >= 0.3 is 0 Å². The van der Waals surface area contributed by atoms with Gasteiger partial charge in [-0.15, -0.1) is 30.3 Å². The van der Waals surface area contributed by atoms with Gasteiger partial charge in [0, 0.05) is 71.0 Å². The van der Waals surface area contributed by atoms with Crippen molar-refractivity contribution >= 4 is 6.08 Å². The third-order valence-corrected chi connectivity index (χ3v) is 2.65. The summed E-state index contributed by atoms with van der Waals surface area (Å²) in [5.41, 5.74) is 2.43. The van der Waals surface area contributed by atoms with Crippen LogP contribution in [0.3, 0.4) is 0 Å². The normalized spacial score (nSPS) is 9.42. The zero-order chi connectivity index (χ0) is 16.8. The molecule has 0 aliphatic carbocycles. The van der Waals surface area contributed by atoms with E-state index in [1.807, 2.05) is 81.6 Å². The maximum absolute atomic E-state index is 3.20. The molecule has 2 rings (SSSR count). The first kappa shape index (κ1) is 29.1. The summed E-state index contributed by atoms with van der Waals surface area (Å²) in [4.78, 5) is 0. The van der Waals surface area contributed by atoms with Gasteiger partial charge in [0.25, 0.3) is 0 Å². The van der Waals surface area contributed by atoms with E-state index in [9.17, 15) is 0 Å². The summed E-state index contributed by atoms with van der Waals surface area (Å²) in [6.45, 7) is 10.4. The molecule has 1 nitrogen and oxygen atoms in total. The number of hydrogen-bond acceptors (Lipinski definition) is 1. The first-order chi connectivity index (χ1) is 10.5. The van der Waals surface area contributed by atoms with Crippen LogP contribution in [-0.2, 0) is 65.4 Å². The molecule has 0 heterocycles. The molecule has 0 saturated carbocycles. The van der Waals surface area contributed by atoms with Crippen molar-refractivity contribution in [3.63, 3.8) is 0 Å². The molecule has 2 aromatic carbocycles. The van der Waals surface area contributed by atoms with Crippen molar-refractivity contribution in [2.24, 2.45) is 0 Å². The molecule has 0 amide bonds. The molecule has 0 saturated heterocycles. The van der Waals surface area contributed by atoms with Crippen LogP contribution < -0.4 is 5.32 Å². The molecule has 2 radical (unpaired) electrons. The molecule has 1 N–H and O–H groups in total. The molecule has 2 aromatic rings. The van der Waals surface area contributed by atoms with Gasteiger partial charge in [0.1, 0.15) is 0 Å². The maximum Gasteiger partial charge on any atom is 0.00935 e. The van der Waals surface area contributed by atoms with Gasteiger partial charge in [0.05, 0.1) is 0 Å². The number of hydrogen-bond donors (Lipinski definition) is 1. The SMILES string of the molecule is CC.CNC(C)(C)C.[C-](=Cc1[c-]cccc1)c1ccccc1.[Y].[Y]. The molecular weight excluding hydrogens is 444 g/mol. The van der Waals surface area contributed by atoms with Gasteiger partial charge in [-0.3, -0.25) is 0 Å². The van der Waals surface area contributed by atoms with Crippen molar-refractivity contribution in [1.82, 2.24) is 5.32 Å². The van der Waals surface area contributed by atoms with Crippen LogP contribution in [0.25, 0.3) is 6.08 Å². The molecule has 3 heteroatoms. The summed E-state index contributed by atoms with van der Waals surface area (Å²) in [7, 11) is 1.96. The Morgan fingerprint density at radius 1 is 0.917 bits per heavy atom. The molecule has 126 valence electrons. The summed E-state index contributed by atoms with van der Waals surface area (Å²) in [6, 6.07) is 21.0. The van der Waals surface area contributed by atoms with Gasteiger partial charge in [-0.2, -0.15) is 35.9 Å². The van der Waals surface area contributed by atoms with Gasteiger partial charge in [-0.25, -0.2) is 11.6 Å². The van der Waals surface area contributed by atoms with Crippen LogP contribution in [0.4, 0.5) is 0 Å². The molecule has 0 spiro atoms. The Morgan fingerprint density at radius 3 is 1.83 bits per heavy atom. The van der Waals surface area contributed by atoms with E-state index in [2.05, 4.69) is 38.2 Å². The second kappa shape index (κ2) is 18.1. The van der Waals surface area contributed by atoms with Crippen LogP contribution in [0.2, 0.25) is 0 Å². The Labute approximate surface area is 199 Å². The Balaban J connectivity index is -0.000000383. The van der Waals surface area contributed by atoms with E-state index >= 15 is 0 Å². The third-order valence-electron chi connectivity index (χ3n) is 2.65. The van der Waals surface area contributed by atoms with Crippen LogP contribution in [0.15, 0.2) is 54.6 Å². The van der Waals surface area contributed by atoms with Gasteiger partial charge < -0.3 is 5.32 Å². The monoisotopic (exact) mass is 473 g/mol. The van der Waals surface area contributed by atoms with E-state index in [1.54, 1.807) is 0 Å². The van der Waals surface area contributed by atoms with E-state index in [-0.39, 0.29) is 65.4 Å². The van der Waals surface area contributed by atoms with E-state index in [4.69, 9.17) is 0 Å². The Morgan fingerprint density at radius 2 is 1.42 bits per heavy atom. The number of rotatable bonds is 2. The van der Waals surface area contributed by atoms with Crippen LogP contribution in [0, 0.1) is 12.1 Å². The zero-order valence-corrected chi connectivity index (χ0v) is 21.6. The summed E-state index contributed by atoms with van der Waals surface area (Å²) in [6.07, 6.45) is 5.14. The van der Waals surface area contributed by atoms with Crippen molar-refractivity contribution in [2.75, 3.05) is 7.05 Å². The molecule has 0 bridgehead atoms. The molecule has 0 fully saturated rings. The molecule has 0 unspecified atom stereocenters. The van der Waals surface area contributed by atoms with Crippen molar-refractivity contribution in [3.8, 4) is 0 Å². The summed E-state index contributed by atoms with van der Waals surface area (Å²) in [5, 5.41) is 3.10. The fourth-order valence-corrected chi connectivity index (χ4v) is 1.19. The average molecular weight is 473 g/mol. The van der Waals surface area contributed by atoms with Crippen molar-refractivity contribution in [1.29, 1.82) is 0 Å². The van der Waals surface area contributed by atoms with Crippen LogP contribution in [-0.4, -0.2) is 12.6 Å². The summed E-state index contributed by atoms with van der Waals surface area (Å²) >= 11 is 0. The minimum atomic E-state index is 0. The smallest absolute Gasteiger partial charge is 0.00935 e. The topological polar surface area (TPSA) is 12.0 Å². The van der Waals surface area contributed by atoms with E-state index in [0.29, 0.717) is 5.54 Å². The minimum Gasteiger partial charge on any atom is -0.315 e. The number of benzene rings is 2. The van der Waals surface area contributed by atoms with Gasteiger partial charge in [-0.1, -0.05) is 19.9 Å². The first-order valence-corrected chi connectivity index (χ1v) is 7.82. The van der Waals surface area contributed by atoms with Crippen molar-refractivity contribution < 1.29 is 65.4 Å². The maximum atomic E-state index is 3.20. The Hall–Kier alpha value is 0.348. The summed E-state index contributed by atoms with van der Waals surface area (Å²) in [5.74, 6) is 0. The Kier molecular flexibility index (Phi) is 22.0. The van der Waals surface area contributed by atoms with Crippen LogP contribution >= 0.6 is 0 Å². The van der Waals surface area contributed by atoms with Gasteiger partial charge in [-0.05, 0) is 27.8 Å². The fourth-order valence-electron chi connectivity index (χ4n) is 1.19. The predicted molar refractivity (Wildman–Crippen MR) is 98.7 cm³/mol. The van der Waals surface area contributed by atoms with Crippen molar-refractivity contribution in [2.45, 2.75) is 40.2 Å². The fraction of sp³-hybridized carbons (Fsp3) is 0.333. The van der Waals surface area contributed by atoms with Gasteiger partial charge in [0.15, 0.2) is 0 Å². The molecule has 0 aliphatic heterocycles. The molecule has 0 atom stereocenters. The van der Waals surface area contributed by atoms with E-state index < -0.39 is 0 Å². The number of nitrogens with one attached hydrogen (secondary N) is 1. The van der Waals surface area contributed by atoms with Gasteiger partial charge in [0.2, 0.25) is 0 Å². The van der Waals surface area contributed by atoms with Crippen LogP contribution in [0.5, 0.6) is 0 Å². The second-order valence-electron chi connectivity index (χ2n) is 5.47. The molecule has 0 aromatic heterocycles.